The second kappa shape index (κ2) is 5.74. The van der Waals surface area contributed by atoms with Crippen LogP contribution < -0.4 is 11.1 Å². The van der Waals surface area contributed by atoms with Crippen LogP contribution in [0.4, 0.5) is 11.5 Å². The highest BCUT2D eigenvalue weighted by atomic mass is 35.5. The Labute approximate surface area is 128 Å². The number of aromatic nitrogens is 1. The average molecular weight is 302 g/mol. The molecule has 3 rings (SSSR count). The topological polar surface area (TPSA) is 68.0 Å². The van der Waals surface area contributed by atoms with E-state index in [1.807, 2.05) is 12.1 Å². The number of nitrogens with one attached hydrogen (secondary N) is 1. The van der Waals surface area contributed by atoms with E-state index in [0.29, 0.717) is 5.56 Å². The smallest absolute Gasteiger partial charge is 0.255 e. The monoisotopic (exact) mass is 301 g/mol. The van der Waals surface area contributed by atoms with Crippen LogP contribution >= 0.6 is 11.6 Å². The molecule has 3 N–H and O–H groups in total. The molecular weight excluding hydrogens is 286 g/mol. The Hall–Kier alpha value is -2.07. The predicted octanol–water partition coefficient (Wildman–Crippen LogP) is 3.45. The van der Waals surface area contributed by atoms with E-state index in [1.54, 1.807) is 0 Å². The minimum atomic E-state index is -0.218. The average Bonchev–Trinajstić information content (AvgIpc) is 2.46. The van der Waals surface area contributed by atoms with Crippen LogP contribution in [-0.2, 0) is 12.8 Å². The third-order valence-electron chi connectivity index (χ3n) is 3.72. The number of nitrogen functional groups attached to an aromatic ring is 1. The van der Waals surface area contributed by atoms with E-state index in [4.69, 9.17) is 17.3 Å². The van der Waals surface area contributed by atoms with E-state index in [0.717, 1.165) is 24.9 Å². The number of hydrogen-bond donors (Lipinski definition) is 2. The van der Waals surface area contributed by atoms with Gasteiger partial charge >= 0.3 is 0 Å². The first-order chi connectivity index (χ1) is 10.1. The maximum atomic E-state index is 12.4. The normalized spacial score (nSPS) is 13.6. The Morgan fingerprint density at radius 2 is 2.05 bits per heavy atom. The van der Waals surface area contributed by atoms with E-state index in [2.05, 4.69) is 16.4 Å². The number of benzene rings is 1. The van der Waals surface area contributed by atoms with Crippen LogP contribution in [0.25, 0.3) is 0 Å². The summed E-state index contributed by atoms with van der Waals surface area (Å²) in [4.78, 5) is 16.2. The van der Waals surface area contributed by atoms with Gasteiger partial charge in [0.2, 0.25) is 0 Å². The highest BCUT2D eigenvalue weighted by molar-refractivity contribution is 6.30. The van der Waals surface area contributed by atoms with Crippen LogP contribution in [0.1, 0.15) is 34.3 Å². The van der Waals surface area contributed by atoms with Gasteiger partial charge in [-0.25, -0.2) is 4.98 Å². The minimum absolute atomic E-state index is 0.218. The molecule has 2 aromatic rings. The van der Waals surface area contributed by atoms with Gasteiger partial charge in [0.05, 0.1) is 0 Å². The first-order valence-electron chi connectivity index (χ1n) is 6.98. The Balaban J connectivity index is 1.88. The van der Waals surface area contributed by atoms with Crippen molar-refractivity contribution >= 4 is 29.0 Å². The van der Waals surface area contributed by atoms with Crippen molar-refractivity contribution in [3.63, 3.8) is 0 Å². The maximum absolute atomic E-state index is 12.4. The Morgan fingerprint density at radius 1 is 1.24 bits per heavy atom. The molecule has 1 aromatic heterocycles. The number of fused-ring (bicyclic) bond motifs is 1. The van der Waals surface area contributed by atoms with Crippen molar-refractivity contribution in [1.29, 1.82) is 0 Å². The number of carbonyl (C=O) groups excluding carboxylic acids is 1. The molecule has 0 saturated heterocycles. The molecule has 1 aliphatic rings. The molecule has 1 amide bonds. The predicted molar refractivity (Wildman–Crippen MR) is 84.7 cm³/mol. The number of hydrogen-bond acceptors (Lipinski definition) is 3. The van der Waals surface area contributed by atoms with Gasteiger partial charge in [0.1, 0.15) is 11.0 Å². The second-order valence-electron chi connectivity index (χ2n) is 5.21. The van der Waals surface area contributed by atoms with Gasteiger partial charge in [-0.15, -0.1) is 0 Å². The summed E-state index contributed by atoms with van der Waals surface area (Å²) in [6, 6.07) is 9.09. The van der Waals surface area contributed by atoms with Gasteiger partial charge in [0.15, 0.2) is 0 Å². The largest absolute Gasteiger partial charge is 0.384 e. The molecule has 0 aliphatic heterocycles. The number of carbonyl (C=O) groups is 1. The molecule has 1 aliphatic carbocycles. The second-order valence-corrected chi connectivity index (χ2v) is 5.60. The molecule has 0 spiro atoms. The van der Waals surface area contributed by atoms with Gasteiger partial charge in [-0.3, -0.25) is 4.79 Å². The lowest BCUT2D eigenvalue weighted by atomic mass is 9.90. The van der Waals surface area contributed by atoms with E-state index < -0.39 is 0 Å². The molecular formula is C16H16ClN3O. The van der Waals surface area contributed by atoms with Gasteiger partial charge in [0.25, 0.3) is 5.91 Å². The van der Waals surface area contributed by atoms with Crippen molar-refractivity contribution < 1.29 is 4.79 Å². The Morgan fingerprint density at radius 3 is 2.86 bits per heavy atom. The summed E-state index contributed by atoms with van der Waals surface area (Å²) in [5, 5.41) is 3.18. The zero-order valence-corrected chi connectivity index (χ0v) is 12.3. The number of rotatable bonds is 2. The third-order valence-corrected chi connectivity index (χ3v) is 3.91. The molecule has 1 aromatic carbocycles. The molecule has 108 valence electrons. The van der Waals surface area contributed by atoms with E-state index in [9.17, 15) is 4.79 Å². The summed E-state index contributed by atoms with van der Waals surface area (Å²) >= 11 is 5.84. The van der Waals surface area contributed by atoms with Crippen molar-refractivity contribution in [1.82, 2.24) is 4.98 Å². The number of pyridine rings is 1. The summed E-state index contributed by atoms with van der Waals surface area (Å²) in [6.45, 7) is 0. The molecule has 4 nitrogen and oxygen atoms in total. The fourth-order valence-electron chi connectivity index (χ4n) is 2.74. The van der Waals surface area contributed by atoms with Crippen molar-refractivity contribution in [2.45, 2.75) is 25.7 Å². The lowest BCUT2D eigenvalue weighted by molar-refractivity contribution is 0.102. The van der Waals surface area contributed by atoms with Crippen molar-refractivity contribution in [3.8, 4) is 0 Å². The summed E-state index contributed by atoms with van der Waals surface area (Å²) in [5.74, 6) is 0.0210. The first kappa shape index (κ1) is 13.9. The van der Waals surface area contributed by atoms with E-state index in [-0.39, 0.29) is 16.9 Å². The van der Waals surface area contributed by atoms with Crippen LogP contribution in [0.2, 0.25) is 5.15 Å². The fraction of sp³-hybridized carbons (Fsp3) is 0.250. The highest BCUT2D eigenvalue weighted by Gasteiger charge is 2.15. The van der Waals surface area contributed by atoms with Crippen molar-refractivity contribution in [2.24, 2.45) is 0 Å². The first-order valence-corrected chi connectivity index (χ1v) is 7.36. The number of aryl methyl sites for hydroxylation is 1. The quantitative estimate of drug-likeness (QED) is 0.835. The Kier molecular flexibility index (Phi) is 3.80. The zero-order valence-electron chi connectivity index (χ0n) is 11.5. The summed E-state index contributed by atoms with van der Waals surface area (Å²) in [7, 11) is 0. The van der Waals surface area contributed by atoms with Crippen LogP contribution in [0.5, 0.6) is 0 Å². The Bertz CT molecular complexity index is 680. The van der Waals surface area contributed by atoms with Gasteiger partial charge < -0.3 is 11.1 Å². The van der Waals surface area contributed by atoms with Crippen molar-refractivity contribution in [3.05, 3.63) is 52.2 Å². The fourth-order valence-corrected chi connectivity index (χ4v) is 2.96. The number of nitrogens with zero attached hydrogens (tertiary/aromatic N) is 1. The van der Waals surface area contributed by atoms with Gasteiger partial charge in [-0.2, -0.15) is 0 Å². The van der Waals surface area contributed by atoms with Crippen molar-refractivity contribution in [2.75, 3.05) is 11.1 Å². The molecule has 0 unspecified atom stereocenters. The van der Waals surface area contributed by atoms with Gasteiger partial charge in [-0.1, -0.05) is 23.7 Å². The molecule has 0 bridgehead atoms. The lowest BCUT2D eigenvalue weighted by Crippen LogP contribution is -2.16. The minimum Gasteiger partial charge on any atom is -0.384 e. The molecule has 0 atom stereocenters. The van der Waals surface area contributed by atoms with Crippen LogP contribution in [0.3, 0.4) is 0 Å². The number of halogens is 1. The third kappa shape index (κ3) is 3.00. The molecule has 1 heterocycles. The SMILES string of the molecule is Nc1cc(C(=O)Nc2cccc3c2CCCC3)cc(Cl)n1. The standard InChI is InChI=1S/C16H16ClN3O/c17-14-8-11(9-15(18)20-14)16(21)19-13-7-3-5-10-4-1-2-6-12(10)13/h3,5,7-9H,1-2,4,6H2,(H2,18,20)(H,19,21). The van der Waals surface area contributed by atoms with Crippen LogP contribution in [0.15, 0.2) is 30.3 Å². The summed E-state index contributed by atoms with van der Waals surface area (Å²) < 4.78 is 0. The van der Waals surface area contributed by atoms with E-state index in [1.165, 1.54) is 29.7 Å². The van der Waals surface area contributed by atoms with Gasteiger partial charge in [-0.05, 0) is 55.0 Å². The highest BCUT2D eigenvalue weighted by Crippen LogP contribution is 2.28. The summed E-state index contributed by atoms with van der Waals surface area (Å²) in [5.41, 5.74) is 9.49. The molecule has 5 heteroatoms. The van der Waals surface area contributed by atoms with E-state index >= 15 is 0 Å². The number of anilines is 2. The molecule has 0 fully saturated rings. The number of amides is 1. The number of nitrogens with two attached hydrogens (primary N) is 1. The molecule has 0 saturated carbocycles. The van der Waals surface area contributed by atoms with Crippen LogP contribution in [0, 0.1) is 0 Å². The molecule has 21 heavy (non-hydrogen) atoms. The molecule has 0 radical (unpaired) electrons. The summed E-state index contributed by atoms with van der Waals surface area (Å²) in [6.07, 6.45) is 4.45. The maximum Gasteiger partial charge on any atom is 0.255 e. The zero-order chi connectivity index (χ0) is 14.8. The lowest BCUT2D eigenvalue weighted by Gasteiger charge is -2.19. The van der Waals surface area contributed by atoms with Crippen LogP contribution in [-0.4, -0.2) is 10.9 Å². The van der Waals surface area contributed by atoms with Gasteiger partial charge in [0, 0.05) is 11.3 Å².